The van der Waals surface area contributed by atoms with Crippen LogP contribution in [0.15, 0.2) is 144 Å². The topological polar surface area (TPSA) is 99.5 Å². The van der Waals surface area contributed by atoms with Crippen molar-refractivity contribution in [1.82, 2.24) is 0 Å². The lowest BCUT2D eigenvalue weighted by Gasteiger charge is -2.42. The van der Waals surface area contributed by atoms with Gasteiger partial charge in [-0.2, -0.15) is 0 Å². The lowest BCUT2D eigenvalue weighted by Crippen LogP contribution is -2.31. The molecule has 2 N–H and O–H groups in total. The summed E-state index contributed by atoms with van der Waals surface area (Å²) in [7, 11) is 3.15. The molecule has 4 aromatic rings. The third-order valence-corrected chi connectivity index (χ3v) is 10.1. The van der Waals surface area contributed by atoms with E-state index in [2.05, 4.69) is 94.8 Å². The molecule has 0 aromatic heterocycles. The Bertz CT molecular complexity index is 2190. The zero-order chi connectivity index (χ0) is 35.9. The van der Waals surface area contributed by atoms with Crippen LogP contribution < -0.4 is 19.3 Å². The first-order valence-electron chi connectivity index (χ1n) is 17.1. The van der Waals surface area contributed by atoms with Gasteiger partial charge in [0, 0.05) is 45.0 Å². The van der Waals surface area contributed by atoms with Crippen molar-refractivity contribution in [2.24, 2.45) is 0 Å². The van der Waals surface area contributed by atoms with Gasteiger partial charge in [-0.3, -0.25) is 0 Å². The van der Waals surface area contributed by atoms with E-state index in [1.165, 1.54) is 22.3 Å². The molecule has 8 heteroatoms. The molecule has 0 amide bonds. The molecule has 4 aromatic carbocycles. The number of anilines is 2. The maximum Gasteiger partial charge on any atom is 0.335 e. The Morgan fingerprint density at radius 1 is 0.615 bits per heavy atom. The molecule has 0 fully saturated rings. The number of carboxylic acid groups (broad SMARTS) is 2. The van der Waals surface area contributed by atoms with Crippen molar-refractivity contribution < 1.29 is 29.3 Å². The molecular formula is C44H36N2O6. The second-order valence-corrected chi connectivity index (χ2v) is 12.9. The maximum absolute atomic E-state index is 11.7. The van der Waals surface area contributed by atoms with Crippen molar-refractivity contribution in [3.63, 3.8) is 0 Å². The fraction of sp³-hybridized carbons (Fsp3) is 0.136. The summed E-state index contributed by atoms with van der Waals surface area (Å²) in [6.07, 6.45) is 14.4. The van der Waals surface area contributed by atoms with Crippen LogP contribution in [-0.2, 0) is 13.1 Å². The number of rotatable bonds is 9. The number of allylic oxidation sites excluding steroid dienone is 10. The first kappa shape index (κ1) is 32.7. The summed E-state index contributed by atoms with van der Waals surface area (Å²) >= 11 is 0. The van der Waals surface area contributed by atoms with Gasteiger partial charge in [0.1, 0.15) is 11.5 Å². The van der Waals surface area contributed by atoms with Gasteiger partial charge in [-0.1, -0.05) is 72.8 Å². The highest BCUT2D eigenvalue weighted by Crippen LogP contribution is 2.55. The molecule has 0 saturated heterocycles. The molecule has 0 unspecified atom stereocenters. The number of nitrogens with zero attached hydrogens (tertiary/aromatic N) is 2. The van der Waals surface area contributed by atoms with Crippen LogP contribution in [0.1, 0.15) is 55.8 Å². The number of fused-ring (bicyclic) bond motifs is 4. The molecule has 0 atom stereocenters. The van der Waals surface area contributed by atoms with Crippen molar-refractivity contribution in [3.8, 4) is 11.5 Å². The Morgan fingerprint density at radius 3 is 1.44 bits per heavy atom. The van der Waals surface area contributed by atoms with Crippen molar-refractivity contribution >= 4 is 34.5 Å². The van der Waals surface area contributed by atoms with Crippen LogP contribution in [0.4, 0.5) is 11.4 Å². The molecule has 2 aliphatic heterocycles. The summed E-state index contributed by atoms with van der Waals surface area (Å²) in [5.41, 5.74) is 13.5. The molecule has 0 saturated carbocycles. The van der Waals surface area contributed by atoms with Gasteiger partial charge in [-0.25, -0.2) is 9.59 Å². The Balaban J connectivity index is 1.29. The second kappa shape index (κ2) is 13.3. The predicted molar refractivity (Wildman–Crippen MR) is 203 cm³/mol. The zero-order valence-electron chi connectivity index (χ0n) is 28.8. The fourth-order valence-electron chi connectivity index (χ4n) is 7.76. The van der Waals surface area contributed by atoms with E-state index >= 15 is 0 Å². The zero-order valence-corrected chi connectivity index (χ0v) is 28.8. The first-order chi connectivity index (χ1) is 25.4. The van der Waals surface area contributed by atoms with Gasteiger partial charge in [0.05, 0.1) is 38.4 Å². The summed E-state index contributed by atoms with van der Waals surface area (Å²) in [5.74, 6) is -0.926. The summed E-state index contributed by atoms with van der Waals surface area (Å²) < 4.78 is 11.4. The minimum atomic E-state index is -0.995. The third-order valence-electron chi connectivity index (χ3n) is 10.1. The number of hydrogen-bond acceptors (Lipinski definition) is 6. The van der Waals surface area contributed by atoms with Crippen LogP contribution in [0.25, 0.3) is 11.1 Å². The average molecular weight is 689 g/mol. The predicted octanol–water partition coefficient (Wildman–Crippen LogP) is 9.04. The lowest BCUT2D eigenvalue weighted by atomic mass is 9.76. The highest BCUT2D eigenvalue weighted by Gasteiger charge is 2.37. The molecule has 2 heterocycles. The van der Waals surface area contributed by atoms with E-state index in [-0.39, 0.29) is 11.1 Å². The number of aromatic carboxylic acids is 2. The number of para-hydroxylation sites is 2. The molecule has 0 spiro atoms. The molecule has 8 nitrogen and oxygen atoms in total. The number of ether oxygens (including phenoxy) is 2. The molecule has 0 radical (unpaired) electrons. The van der Waals surface area contributed by atoms with E-state index in [1.54, 1.807) is 38.5 Å². The first-order valence-corrected chi connectivity index (χ1v) is 17.1. The quantitative estimate of drug-likeness (QED) is 0.180. The van der Waals surface area contributed by atoms with Crippen LogP contribution in [0.2, 0.25) is 0 Å². The standard InChI is InChI=1S/C44H36N2O6/c1-51-39-23-27(43(47)48)19-21-29(39)25-45-35-15-7-3-11-31(35)41(32-12-4-8-16-36(32)45)42-33-13-5-9-17-37(33)46(38-18-10-6-14-34(38)42)26-30-22-20-28(44(49)50)24-40(30)52-2/h3-11,13,15-24H,12,14,25-26H2,1-2H3,(H,47,48)(H,49,50). The minimum absolute atomic E-state index is 0.182. The Morgan fingerprint density at radius 2 is 1.04 bits per heavy atom. The highest BCUT2D eigenvalue weighted by atomic mass is 16.5. The van der Waals surface area contributed by atoms with Gasteiger partial charge in [-0.05, 0) is 83.7 Å². The van der Waals surface area contributed by atoms with E-state index in [1.807, 2.05) is 12.1 Å². The van der Waals surface area contributed by atoms with Gasteiger partial charge in [0.25, 0.3) is 0 Å². The molecule has 0 bridgehead atoms. The highest BCUT2D eigenvalue weighted by molar-refractivity contribution is 6.16. The van der Waals surface area contributed by atoms with Crippen molar-refractivity contribution in [2.45, 2.75) is 25.9 Å². The van der Waals surface area contributed by atoms with Crippen LogP contribution in [0.5, 0.6) is 11.5 Å². The van der Waals surface area contributed by atoms with E-state index in [4.69, 9.17) is 9.47 Å². The third kappa shape index (κ3) is 5.49. The SMILES string of the molecule is COc1cc(C(=O)O)ccc1CN1C2=CC=CCC2=C(C2=C3CC=CC=C3N(Cc3ccc(C(=O)O)cc3OC)c3ccccc32)c2ccccc21. The number of methoxy groups -OCH3 is 2. The monoisotopic (exact) mass is 688 g/mol. The van der Waals surface area contributed by atoms with E-state index in [0.717, 1.165) is 57.9 Å². The number of carboxylic acids is 2. The molecule has 4 aliphatic rings. The minimum Gasteiger partial charge on any atom is -0.496 e. The number of hydrogen-bond donors (Lipinski definition) is 2. The second-order valence-electron chi connectivity index (χ2n) is 12.9. The summed E-state index contributed by atoms with van der Waals surface area (Å²) in [6, 6.07) is 27.1. The van der Waals surface area contributed by atoms with Gasteiger partial charge in [0.2, 0.25) is 0 Å². The van der Waals surface area contributed by atoms with Gasteiger partial charge in [0.15, 0.2) is 0 Å². The largest absolute Gasteiger partial charge is 0.496 e. The van der Waals surface area contributed by atoms with Crippen LogP contribution in [-0.4, -0.2) is 36.4 Å². The van der Waals surface area contributed by atoms with E-state index in [9.17, 15) is 19.8 Å². The van der Waals surface area contributed by atoms with E-state index in [0.29, 0.717) is 24.6 Å². The molecule has 52 heavy (non-hydrogen) atoms. The lowest BCUT2D eigenvalue weighted by molar-refractivity contribution is 0.0685. The Hall–Kier alpha value is -6.54. The smallest absolute Gasteiger partial charge is 0.335 e. The average Bonchev–Trinajstić information content (AvgIpc) is 3.18. The molecule has 8 rings (SSSR count). The Labute approximate surface area is 301 Å². The van der Waals surface area contributed by atoms with Crippen molar-refractivity contribution in [3.05, 3.63) is 177 Å². The van der Waals surface area contributed by atoms with Crippen LogP contribution in [0.3, 0.4) is 0 Å². The molecular weight excluding hydrogens is 652 g/mol. The van der Waals surface area contributed by atoms with Crippen LogP contribution in [0, 0.1) is 0 Å². The van der Waals surface area contributed by atoms with Crippen molar-refractivity contribution in [1.29, 1.82) is 0 Å². The maximum atomic E-state index is 11.7. The van der Waals surface area contributed by atoms with Gasteiger partial charge >= 0.3 is 11.9 Å². The fourth-order valence-corrected chi connectivity index (χ4v) is 7.76. The van der Waals surface area contributed by atoms with E-state index < -0.39 is 11.9 Å². The molecule has 258 valence electrons. The Kier molecular flexibility index (Phi) is 8.35. The normalized spacial score (nSPS) is 15.7. The number of carbonyl (C=O) groups is 2. The summed E-state index contributed by atoms with van der Waals surface area (Å²) in [4.78, 5) is 28.1. The van der Waals surface area contributed by atoms with Crippen molar-refractivity contribution in [2.75, 3.05) is 24.0 Å². The summed E-state index contributed by atoms with van der Waals surface area (Å²) in [6.45, 7) is 0.979. The molecule has 2 aliphatic carbocycles. The number of benzene rings is 4. The van der Waals surface area contributed by atoms with Gasteiger partial charge in [-0.15, -0.1) is 0 Å². The van der Waals surface area contributed by atoms with Gasteiger partial charge < -0.3 is 29.5 Å². The van der Waals surface area contributed by atoms with Crippen LogP contribution >= 0.6 is 0 Å². The summed E-state index contributed by atoms with van der Waals surface area (Å²) in [5, 5.41) is 19.2.